The molecule has 3 aromatic heterocycles. The number of nitrogens with zero attached hydrogens (tertiary/aromatic N) is 8. The number of amides is 1. The summed E-state index contributed by atoms with van der Waals surface area (Å²) in [7, 11) is 1.65. The van der Waals surface area contributed by atoms with E-state index >= 15 is 8.78 Å². The summed E-state index contributed by atoms with van der Waals surface area (Å²) >= 11 is 6.60. The van der Waals surface area contributed by atoms with Crippen LogP contribution in [0.25, 0.3) is 39.0 Å². The van der Waals surface area contributed by atoms with E-state index in [0.717, 1.165) is 24.8 Å². The first-order valence-corrected chi connectivity index (χ1v) is 18.5. The molecular formula is C39H39ClF3N8O4+. The van der Waals surface area contributed by atoms with Gasteiger partial charge in [0.25, 0.3) is 5.89 Å². The van der Waals surface area contributed by atoms with Crippen LogP contribution in [0.1, 0.15) is 44.8 Å². The predicted molar refractivity (Wildman–Crippen MR) is 199 cm³/mol. The summed E-state index contributed by atoms with van der Waals surface area (Å²) in [6, 6.07) is 10.7. The maximum Gasteiger partial charge on any atom is 0.434 e. The van der Waals surface area contributed by atoms with Crippen molar-refractivity contribution in [3.8, 4) is 17.3 Å². The van der Waals surface area contributed by atoms with Gasteiger partial charge in [0.05, 0.1) is 31.3 Å². The zero-order chi connectivity index (χ0) is 38.6. The largest absolute Gasteiger partial charge is 0.443 e. The third-order valence-corrected chi connectivity index (χ3v) is 11.0. The Morgan fingerprint density at radius 2 is 1.96 bits per heavy atom. The highest BCUT2D eigenvalue weighted by Gasteiger charge is 2.49. The fourth-order valence-electron chi connectivity index (χ4n) is 7.95. The minimum atomic E-state index is -1.42. The molecule has 1 N–H and O–H groups in total. The molecule has 5 aromatic rings. The number of aliphatic hydroxyl groups is 1. The van der Waals surface area contributed by atoms with E-state index in [4.69, 9.17) is 20.9 Å². The Bertz CT molecular complexity index is 2360. The van der Waals surface area contributed by atoms with Crippen LogP contribution in [0.5, 0.6) is 6.01 Å². The maximum atomic E-state index is 16.8. The fraction of sp³-hybridized carbons (Fsp3) is 0.410. The van der Waals surface area contributed by atoms with Crippen LogP contribution in [-0.2, 0) is 10.4 Å². The Morgan fingerprint density at radius 3 is 2.75 bits per heavy atom. The molecule has 1 amide bonds. The van der Waals surface area contributed by atoms with E-state index in [-0.39, 0.29) is 59.8 Å². The van der Waals surface area contributed by atoms with Gasteiger partial charge in [-0.05, 0) is 44.7 Å². The zero-order valence-electron chi connectivity index (χ0n) is 30.4. The van der Waals surface area contributed by atoms with E-state index in [0.29, 0.717) is 28.9 Å². The molecule has 1 unspecified atom stereocenters. The van der Waals surface area contributed by atoms with Crippen LogP contribution in [0.4, 0.5) is 19.0 Å². The van der Waals surface area contributed by atoms with Crippen molar-refractivity contribution in [2.75, 3.05) is 39.8 Å². The minimum Gasteiger partial charge on any atom is -0.443 e. The number of carbonyl (C=O) groups is 1. The number of fused-ring (bicyclic) bond motifs is 3. The molecule has 0 saturated carbocycles. The molecular weight excluding hydrogens is 737 g/mol. The number of ether oxygens (including phenoxy) is 1. The van der Waals surface area contributed by atoms with Gasteiger partial charge in [-0.3, -0.25) is 14.7 Å². The quantitative estimate of drug-likeness (QED) is 0.107. The number of aromatic nitrogens is 5. The van der Waals surface area contributed by atoms with Crippen LogP contribution in [0, 0.1) is 11.7 Å². The monoisotopic (exact) mass is 775 g/mol. The molecule has 6 heterocycles. The van der Waals surface area contributed by atoms with E-state index in [1.165, 1.54) is 37.1 Å². The summed E-state index contributed by atoms with van der Waals surface area (Å²) in [5.74, 6) is -1.65. The van der Waals surface area contributed by atoms with Crippen molar-refractivity contribution >= 4 is 57.3 Å². The molecule has 12 nitrogen and oxygen atoms in total. The van der Waals surface area contributed by atoms with Gasteiger partial charge in [-0.15, -0.1) is 0 Å². The number of carbonyl (C=O) groups excluding carboxylic acids is 1. The van der Waals surface area contributed by atoms with Crippen molar-refractivity contribution in [1.29, 1.82) is 0 Å². The van der Waals surface area contributed by atoms with Crippen LogP contribution < -0.4 is 4.74 Å². The number of alkyl halides is 2. The predicted octanol–water partition coefficient (Wildman–Crippen LogP) is 6.06. The molecule has 4 atom stereocenters. The number of halogens is 4. The number of pyridine rings is 1. The van der Waals surface area contributed by atoms with Gasteiger partial charge in [0.1, 0.15) is 41.1 Å². The van der Waals surface area contributed by atoms with Gasteiger partial charge in [0, 0.05) is 58.8 Å². The number of benzene rings is 2. The molecule has 55 heavy (non-hydrogen) atoms. The molecule has 0 radical (unpaired) electrons. The first-order chi connectivity index (χ1) is 26.3. The van der Waals surface area contributed by atoms with Gasteiger partial charge in [0.15, 0.2) is 5.82 Å². The third kappa shape index (κ3) is 7.04. The first kappa shape index (κ1) is 37.0. The number of hydrogen-bond acceptors (Lipinski definition) is 10. The van der Waals surface area contributed by atoms with Crippen LogP contribution in [0.15, 0.2) is 53.2 Å². The van der Waals surface area contributed by atoms with Gasteiger partial charge in [-0.25, -0.2) is 17.7 Å². The smallest absolute Gasteiger partial charge is 0.434 e. The Balaban J connectivity index is 1.12. The fourth-order valence-corrected chi connectivity index (χ4v) is 8.23. The lowest BCUT2D eigenvalue weighted by Gasteiger charge is -2.30. The van der Waals surface area contributed by atoms with Gasteiger partial charge in [-0.1, -0.05) is 47.1 Å². The molecule has 16 heteroatoms. The molecule has 8 rings (SSSR count). The first-order valence-electron chi connectivity index (χ1n) is 18.1. The van der Waals surface area contributed by atoms with Crippen molar-refractivity contribution in [3.05, 3.63) is 71.2 Å². The van der Waals surface area contributed by atoms with Gasteiger partial charge in [0.2, 0.25) is 11.7 Å². The summed E-state index contributed by atoms with van der Waals surface area (Å²) < 4.78 is 59.8. The molecule has 0 aliphatic carbocycles. The Kier molecular flexibility index (Phi) is 9.58. The summed E-state index contributed by atoms with van der Waals surface area (Å²) in [6.45, 7) is 4.10. The van der Waals surface area contributed by atoms with Crippen molar-refractivity contribution in [2.45, 2.75) is 56.6 Å². The summed E-state index contributed by atoms with van der Waals surface area (Å²) in [5, 5.41) is 15.9. The minimum absolute atomic E-state index is 0.0169. The number of rotatable bonds is 9. The molecule has 286 valence electrons. The van der Waals surface area contributed by atoms with E-state index in [1.54, 1.807) is 36.0 Å². The van der Waals surface area contributed by atoms with Crippen LogP contribution in [0.3, 0.4) is 0 Å². The Labute approximate surface area is 319 Å². The molecule has 3 saturated heterocycles. The van der Waals surface area contributed by atoms with Crippen LogP contribution in [0.2, 0.25) is 5.02 Å². The molecule has 3 fully saturated rings. The SMILES string of the molecule is C[N+](=CC1CN(C(=O)/C=C/c2nc(C(C)(C)O)no2)C[C@H]1F)c1nc(OC[C@@]23CCCN2C[C@H](F)C3)nc2c(F)c(-c3cccc4cccc(Cl)c34)ncc12. The van der Waals surface area contributed by atoms with Crippen molar-refractivity contribution in [3.63, 3.8) is 0 Å². The summed E-state index contributed by atoms with van der Waals surface area (Å²) in [6.07, 6.45) is 5.18. The maximum absolute atomic E-state index is 16.8. The molecule has 0 spiro atoms. The third-order valence-electron chi connectivity index (χ3n) is 10.7. The molecule has 3 aliphatic rings. The van der Waals surface area contributed by atoms with Crippen LogP contribution in [-0.4, -0.2) is 114 Å². The number of hydrogen-bond donors (Lipinski definition) is 1. The second kappa shape index (κ2) is 14.3. The summed E-state index contributed by atoms with van der Waals surface area (Å²) in [4.78, 5) is 34.3. The van der Waals surface area contributed by atoms with E-state index in [9.17, 15) is 14.3 Å². The van der Waals surface area contributed by atoms with Gasteiger partial charge < -0.3 is 19.3 Å². The Morgan fingerprint density at radius 1 is 1.16 bits per heavy atom. The highest BCUT2D eigenvalue weighted by molar-refractivity contribution is 6.36. The lowest BCUT2D eigenvalue weighted by Crippen LogP contribution is -2.43. The number of likely N-dealkylation sites (tertiary alicyclic amines) is 1. The second-order valence-corrected chi connectivity index (χ2v) is 15.5. The average Bonchev–Trinajstić information content (AvgIpc) is 3.93. The standard InChI is InChI=1S/C39H39ClF3N8O4/c1-38(2,53)36-45-29(55-48-36)11-12-30(52)50-18-23(28(42)20-50)17-49(3)35-26-16-44-33(25-9-4-7-22-8-5-10-27(40)31(22)25)32(43)34(26)46-37(47-35)54-21-39-13-6-14-51(39)19-24(41)15-39/h4-5,7-12,16-17,23-24,28,53H,6,13-15,18-21H2,1-3H3/q+1/b12-11+,49-17?/t23?,24-,28-,39+/m1/s1. The van der Waals surface area contributed by atoms with E-state index in [1.807, 2.05) is 18.2 Å². The topological polar surface area (TPSA) is 134 Å². The van der Waals surface area contributed by atoms with E-state index < -0.39 is 41.1 Å². The summed E-state index contributed by atoms with van der Waals surface area (Å²) in [5.41, 5.74) is -1.39. The lowest BCUT2D eigenvalue weighted by molar-refractivity contribution is -0.405. The molecule has 3 aliphatic heterocycles. The second-order valence-electron chi connectivity index (χ2n) is 15.1. The average molecular weight is 776 g/mol. The van der Waals surface area contributed by atoms with E-state index in [2.05, 4.69) is 30.0 Å². The molecule has 0 bridgehead atoms. The van der Waals surface area contributed by atoms with Crippen molar-refractivity contribution in [1.82, 2.24) is 34.9 Å². The van der Waals surface area contributed by atoms with Crippen LogP contribution >= 0.6 is 11.6 Å². The van der Waals surface area contributed by atoms with Crippen molar-refractivity contribution < 1.29 is 36.9 Å². The molecule has 2 aromatic carbocycles. The lowest BCUT2D eigenvalue weighted by atomic mass is 9.95. The van der Waals surface area contributed by atoms with Crippen molar-refractivity contribution in [2.24, 2.45) is 5.92 Å². The van der Waals surface area contributed by atoms with Gasteiger partial charge >= 0.3 is 11.8 Å². The van der Waals surface area contributed by atoms with Gasteiger partial charge in [-0.2, -0.15) is 9.97 Å². The Hall–Kier alpha value is -4.99. The normalized spacial score (nSPS) is 23.5. The highest BCUT2D eigenvalue weighted by Crippen LogP contribution is 2.41. The zero-order valence-corrected chi connectivity index (χ0v) is 31.2. The highest BCUT2D eigenvalue weighted by atomic mass is 35.5.